The van der Waals surface area contributed by atoms with Crippen LogP contribution in [0.3, 0.4) is 0 Å². The first-order valence-corrected chi connectivity index (χ1v) is 10.5. The molecule has 2 aromatic rings. The number of benzene rings is 1. The lowest BCUT2D eigenvalue weighted by molar-refractivity contribution is 0.0940. The van der Waals surface area contributed by atoms with Crippen LogP contribution in [0, 0.1) is 0 Å². The minimum absolute atomic E-state index is 0.0497. The first kappa shape index (κ1) is 17.6. The van der Waals surface area contributed by atoms with Crippen molar-refractivity contribution in [3.63, 3.8) is 0 Å². The Morgan fingerprint density at radius 2 is 1.86 bits per heavy atom. The van der Waals surface area contributed by atoms with Gasteiger partial charge in [-0.05, 0) is 37.7 Å². The number of piperidine rings is 1. The second-order valence-electron chi connectivity index (χ2n) is 8.22. The maximum Gasteiger partial charge on any atom is 0.270 e. The van der Waals surface area contributed by atoms with Crippen molar-refractivity contribution in [2.45, 2.75) is 50.6 Å². The van der Waals surface area contributed by atoms with Crippen molar-refractivity contribution in [1.82, 2.24) is 20.2 Å². The minimum Gasteiger partial charge on any atom is -0.367 e. The molecule has 1 amide bonds. The highest BCUT2D eigenvalue weighted by Gasteiger charge is 2.32. The predicted octanol–water partition coefficient (Wildman–Crippen LogP) is 2.72. The van der Waals surface area contributed by atoms with E-state index >= 15 is 0 Å². The van der Waals surface area contributed by atoms with Gasteiger partial charge in [-0.2, -0.15) is 0 Å². The number of rotatable bonds is 5. The summed E-state index contributed by atoms with van der Waals surface area (Å²) in [7, 11) is 0. The molecule has 6 nitrogen and oxygen atoms in total. The molecule has 2 N–H and O–H groups in total. The molecule has 0 spiro atoms. The standard InChI is InChI=1S/C22H27N5O/c28-22-19-18(8-11-23-22)21(26-20(25-19)16-6-7-16)24-17-9-12-27(13-10-17)14-15-4-2-1-3-5-15/h1-5,16-17H,6-14H2,(H,23,28)(H,24,25,26). The van der Waals surface area contributed by atoms with Gasteiger partial charge in [0.15, 0.2) is 0 Å². The maximum atomic E-state index is 12.3. The molecule has 0 radical (unpaired) electrons. The van der Waals surface area contributed by atoms with E-state index < -0.39 is 0 Å². The fourth-order valence-electron chi connectivity index (χ4n) is 4.22. The number of hydrogen-bond acceptors (Lipinski definition) is 5. The molecule has 1 saturated carbocycles. The Labute approximate surface area is 165 Å². The van der Waals surface area contributed by atoms with Gasteiger partial charge in [-0.3, -0.25) is 9.69 Å². The fourth-order valence-corrected chi connectivity index (χ4v) is 4.22. The number of nitrogens with one attached hydrogen (secondary N) is 2. The zero-order chi connectivity index (χ0) is 18.9. The number of fused-ring (bicyclic) bond motifs is 1. The van der Waals surface area contributed by atoms with E-state index in [1.165, 1.54) is 5.56 Å². The molecule has 0 atom stereocenters. The first-order chi connectivity index (χ1) is 13.8. The summed E-state index contributed by atoms with van der Waals surface area (Å²) in [5.74, 6) is 2.14. The molecular formula is C22H27N5O. The van der Waals surface area contributed by atoms with Gasteiger partial charge in [-0.15, -0.1) is 0 Å². The zero-order valence-electron chi connectivity index (χ0n) is 16.2. The fraction of sp³-hybridized carbons (Fsp3) is 0.500. The van der Waals surface area contributed by atoms with E-state index in [0.29, 0.717) is 24.2 Å². The van der Waals surface area contributed by atoms with E-state index in [2.05, 4.69) is 50.8 Å². The highest BCUT2D eigenvalue weighted by atomic mass is 16.1. The van der Waals surface area contributed by atoms with Gasteiger partial charge < -0.3 is 10.6 Å². The number of nitrogens with zero attached hydrogens (tertiary/aromatic N) is 3. The predicted molar refractivity (Wildman–Crippen MR) is 108 cm³/mol. The van der Waals surface area contributed by atoms with Gasteiger partial charge in [0.2, 0.25) is 0 Å². The van der Waals surface area contributed by atoms with Crippen molar-refractivity contribution in [3.05, 3.63) is 53.0 Å². The summed E-state index contributed by atoms with van der Waals surface area (Å²) in [6.45, 7) is 3.84. The number of aromatic nitrogens is 2. The van der Waals surface area contributed by atoms with Gasteiger partial charge in [0.1, 0.15) is 17.3 Å². The average molecular weight is 377 g/mol. The Morgan fingerprint density at radius 3 is 2.61 bits per heavy atom. The molecule has 1 saturated heterocycles. The maximum absolute atomic E-state index is 12.3. The van der Waals surface area contributed by atoms with Gasteiger partial charge in [0.05, 0.1) is 0 Å². The van der Waals surface area contributed by atoms with E-state index in [1.807, 2.05) is 0 Å². The first-order valence-electron chi connectivity index (χ1n) is 10.5. The van der Waals surface area contributed by atoms with Crippen LogP contribution >= 0.6 is 0 Å². The second-order valence-corrected chi connectivity index (χ2v) is 8.22. The van der Waals surface area contributed by atoms with Gasteiger partial charge >= 0.3 is 0 Å². The quantitative estimate of drug-likeness (QED) is 0.838. The third-order valence-corrected chi connectivity index (χ3v) is 6.02. The number of amides is 1. The molecule has 2 fully saturated rings. The molecule has 2 aliphatic heterocycles. The Morgan fingerprint density at radius 1 is 1.07 bits per heavy atom. The normalized spacial score (nSPS) is 20.5. The van der Waals surface area contributed by atoms with Crippen LogP contribution in [-0.2, 0) is 13.0 Å². The van der Waals surface area contributed by atoms with Crippen LogP contribution in [0.2, 0.25) is 0 Å². The third kappa shape index (κ3) is 3.74. The lowest BCUT2D eigenvalue weighted by atomic mass is 10.0. The summed E-state index contributed by atoms with van der Waals surface area (Å²) >= 11 is 0. The van der Waals surface area contributed by atoms with Crippen molar-refractivity contribution in [2.75, 3.05) is 25.0 Å². The number of carbonyl (C=O) groups is 1. The largest absolute Gasteiger partial charge is 0.367 e. The Bertz CT molecular complexity index is 857. The Kier molecular flexibility index (Phi) is 4.72. The van der Waals surface area contributed by atoms with Crippen molar-refractivity contribution < 1.29 is 4.79 Å². The van der Waals surface area contributed by atoms with Crippen LogP contribution in [0.5, 0.6) is 0 Å². The molecule has 1 aromatic heterocycles. The van der Waals surface area contributed by atoms with Gasteiger partial charge in [-0.1, -0.05) is 30.3 Å². The van der Waals surface area contributed by atoms with Gasteiger partial charge in [0.25, 0.3) is 5.91 Å². The molecule has 3 aliphatic rings. The van der Waals surface area contributed by atoms with Crippen LogP contribution in [0.25, 0.3) is 0 Å². The van der Waals surface area contributed by atoms with Crippen molar-refractivity contribution >= 4 is 11.7 Å². The molecule has 0 bridgehead atoms. The van der Waals surface area contributed by atoms with Crippen LogP contribution < -0.4 is 10.6 Å². The highest BCUT2D eigenvalue weighted by Crippen LogP contribution is 2.39. The van der Waals surface area contributed by atoms with Gasteiger partial charge in [0, 0.05) is 43.7 Å². The number of likely N-dealkylation sites (tertiary alicyclic amines) is 1. The van der Waals surface area contributed by atoms with Crippen LogP contribution in [0.4, 0.5) is 5.82 Å². The Hall–Kier alpha value is -2.47. The number of anilines is 1. The summed E-state index contributed by atoms with van der Waals surface area (Å²) in [6.07, 6.45) is 5.27. The van der Waals surface area contributed by atoms with E-state index in [0.717, 1.165) is 68.9 Å². The van der Waals surface area contributed by atoms with Crippen LogP contribution in [0.15, 0.2) is 30.3 Å². The van der Waals surface area contributed by atoms with E-state index in [9.17, 15) is 4.79 Å². The summed E-state index contributed by atoms with van der Waals surface area (Å²) in [5.41, 5.74) is 2.96. The molecule has 3 heterocycles. The third-order valence-electron chi connectivity index (χ3n) is 6.02. The highest BCUT2D eigenvalue weighted by molar-refractivity contribution is 5.96. The van der Waals surface area contributed by atoms with Crippen molar-refractivity contribution in [2.24, 2.45) is 0 Å². The molecule has 1 aromatic carbocycles. The Balaban J connectivity index is 1.27. The second kappa shape index (κ2) is 7.51. The number of carbonyl (C=O) groups excluding carboxylic acids is 1. The van der Waals surface area contributed by atoms with Crippen LogP contribution in [-0.4, -0.2) is 46.5 Å². The van der Waals surface area contributed by atoms with E-state index in [1.54, 1.807) is 0 Å². The van der Waals surface area contributed by atoms with E-state index in [4.69, 9.17) is 4.98 Å². The monoisotopic (exact) mass is 377 g/mol. The van der Waals surface area contributed by atoms with Crippen LogP contribution in [0.1, 0.15) is 59.0 Å². The SMILES string of the molecule is O=C1NCCc2c(NC3CCN(Cc4ccccc4)CC3)nc(C3CC3)nc21. The van der Waals surface area contributed by atoms with Crippen molar-refractivity contribution in [3.8, 4) is 0 Å². The zero-order valence-corrected chi connectivity index (χ0v) is 16.2. The molecule has 146 valence electrons. The molecule has 28 heavy (non-hydrogen) atoms. The lowest BCUT2D eigenvalue weighted by Crippen LogP contribution is -2.40. The minimum atomic E-state index is -0.0497. The summed E-state index contributed by atoms with van der Waals surface area (Å²) in [4.78, 5) is 24.3. The summed E-state index contributed by atoms with van der Waals surface area (Å²) in [5, 5.41) is 6.60. The topological polar surface area (TPSA) is 70.2 Å². The smallest absolute Gasteiger partial charge is 0.270 e. The molecule has 0 unspecified atom stereocenters. The molecule has 6 heteroatoms. The number of hydrogen-bond donors (Lipinski definition) is 2. The summed E-state index contributed by atoms with van der Waals surface area (Å²) < 4.78 is 0. The average Bonchev–Trinajstić information content (AvgIpc) is 3.56. The lowest BCUT2D eigenvalue weighted by Gasteiger charge is -2.33. The molecule has 5 rings (SSSR count). The van der Waals surface area contributed by atoms with Gasteiger partial charge in [-0.25, -0.2) is 9.97 Å². The van der Waals surface area contributed by atoms with E-state index in [-0.39, 0.29) is 5.91 Å². The molecule has 1 aliphatic carbocycles. The molecular weight excluding hydrogens is 350 g/mol. The van der Waals surface area contributed by atoms with Crippen molar-refractivity contribution in [1.29, 1.82) is 0 Å². The summed E-state index contributed by atoms with van der Waals surface area (Å²) in [6, 6.07) is 11.1.